The third-order valence-electron chi connectivity index (χ3n) is 3.03. The van der Waals surface area contributed by atoms with Crippen molar-refractivity contribution in [1.29, 1.82) is 5.41 Å². The van der Waals surface area contributed by atoms with Gasteiger partial charge in [-0.25, -0.2) is 0 Å². The number of hydrogen-bond donors (Lipinski definition) is 2. The van der Waals surface area contributed by atoms with Gasteiger partial charge in [-0.3, -0.25) is 14.5 Å². The monoisotopic (exact) mass is 285 g/mol. The summed E-state index contributed by atoms with van der Waals surface area (Å²) in [4.78, 5) is 2.25. The van der Waals surface area contributed by atoms with Gasteiger partial charge in [0, 0.05) is 52.5 Å². The van der Waals surface area contributed by atoms with Gasteiger partial charge in [0.25, 0.3) is 0 Å². The molecule has 0 bridgehead atoms. The highest BCUT2D eigenvalue weighted by Gasteiger charge is 2.16. The lowest BCUT2D eigenvalue weighted by molar-refractivity contribution is 0.291. The van der Waals surface area contributed by atoms with Crippen molar-refractivity contribution in [1.82, 2.24) is 4.90 Å². The number of hydrogen-bond acceptors (Lipinski definition) is 3. The molecule has 1 aromatic carbocycles. The molecule has 1 aromatic rings. The Morgan fingerprint density at radius 2 is 2.11 bits per heavy atom. The van der Waals surface area contributed by atoms with E-state index in [1.165, 1.54) is 0 Å². The lowest BCUT2D eigenvalue weighted by Crippen LogP contribution is -2.37. The molecule has 1 fully saturated rings. The number of nitrogens with zero attached hydrogens (tertiary/aromatic N) is 1. The minimum atomic E-state index is -0.653. The average Bonchev–Trinajstić information content (AvgIpc) is 2.34. The van der Waals surface area contributed by atoms with Crippen LogP contribution in [0.3, 0.4) is 0 Å². The Kier molecular flexibility index (Phi) is 4.37. The van der Waals surface area contributed by atoms with Crippen LogP contribution in [0.1, 0.15) is 11.1 Å². The minimum absolute atomic E-state index is 0.0248. The normalized spacial score (nSPS) is 17.8. The molecule has 2 rings (SSSR count). The van der Waals surface area contributed by atoms with Crippen LogP contribution in [-0.2, 0) is 17.3 Å². The fraction of sp³-hybridized carbons (Fsp3) is 0.417. The van der Waals surface area contributed by atoms with Crippen LogP contribution in [-0.4, -0.2) is 39.5 Å². The van der Waals surface area contributed by atoms with Crippen molar-refractivity contribution in [2.75, 3.05) is 24.6 Å². The van der Waals surface area contributed by atoms with Gasteiger partial charge in [0.05, 0.1) is 0 Å². The maximum absolute atomic E-state index is 11.3. The molecule has 0 aliphatic carbocycles. The molecule has 1 saturated heterocycles. The van der Waals surface area contributed by atoms with Crippen molar-refractivity contribution >= 4 is 28.2 Å². The smallest absolute Gasteiger partial charge is 0.122 e. The second kappa shape index (κ2) is 5.82. The quantitative estimate of drug-likeness (QED) is 0.647. The van der Waals surface area contributed by atoms with Gasteiger partial charge in [-0.15, -0.1) is 0 Å². The largest absolute Gasteiger partial charge is 0.384 e. The summed E-state index contributed by atoms with van der Waals surface area (Å²) in [5.74, 6) is 1.50. The molecule has 18 heavy (non-hydrogen) atoms. The molecule has 98 valence electrons. The molecule has 0 atom stereocenters. The van der Waals surface area contributed by atoms with E-state index in [2.05, 4.69) is 4.90 Å². The van der Waals surface area contributed by atoms with E-state index in [9.17, 15) is 4.21 Å². The topological polar surface area (TPSA) is 70.2 Å². The third-order valence-corrected chi connectivity index (χ3v) is 4.66. The van der Waals surface area contributed by atoms with E-state index in [0.717, 1.165) is 36.7 Å². The van der Waals surface area contributed by atoms with E-state index in [4.69, 9.17) is 22.7 Å². The highest BCUT2D eigenvalue weighted by Crippen LogP contribution is 2.20. The Labute approximate surface area is 114 Å². The van der Waals surface area contributed by atoms with Gasteiger partial charge >= 0.3 is 0 Å². The summed E-state index contributed by atoms with van der Waals surface area (Å²) in [5.41, 5.74) is 7.08. The van der Waals surface area contributed by atoms with Gasteiger partial charge in [0.2, 0.25) is 0 Å². The van der Waals surface area contributed by atoms with Gasteiger partial charge in [-0.05, 0) is 11.6 Å². The SMILES string of the molecule is N=C(N)c1ccc(CN2CCS(=O)CC2)c(Cl)c1. The van der Waals surface area contributed by atoms with E-state index < -0.39 is 10.8 Å². The van der Waals surface area contributed by atoms with E-state index >= 15 is 0 Å². The maximum Gasteiger partial charge on any atom is 0.122 e. The fourth-order valence-corrected chi connectivity index (χ4v) is 3.29. The average molecular weight is 286 g/mol. The molecule has 1 aliphatic heterocycles. The summed E-state index contributed by atoms with van der Waals surface area (Å²) >= 11 is 6.18. The lowest BCUT2D eigenvalue weighted by Gasteiger charge is -2.26. The van der Waals surface area contributed by atoms with Crippen LogP contribution in [0, 0.1) is 5.41 Å². The molecular weight excluding hydrogens is 270 g/mol. The molecule has 6 heteroatoms. The van der Waals surface area contributed by atoms with E-state index in [1.54, 1.807) is 6.07 Å². The summed E-state index contributed by atoms with van der Waals surface area (Å²) in [5, 5.41) is 7.99. The van der Waals surface area contributed by atoms with Crippen LogP contribution in [0.4, 0.5) is 0 Å². The van der Waals surface area contributed by atoms with Crippen molar-refractivity contribution < 1.29 is 4.21 Å². The zero-order chi connectivity index (χ0) is 13.1. The van der Waals surface area contributed by atoms with Crippen molar-refractivity contribution in [3.05, 3.63) is 34.3 Å². The molecule has 0 aromatic heterocycles. The molecule has 1 heterocycles. The maximum atomic E-state index is 11.3. The Morgan fingerprint density at radius 1 is 1.44 bits per heavy atom. The molecule has 4 nitrogen and oxygen atoms in total. The summed E-state index contributed by atoms with van der Waals surface area (Å²) in [6, 6.07) is 5.44. The van der Waals surface area contributed by atoms with Crippen molar-refractivity contribution in [3.8, 4) is 0 Å². The predicted molar refractivity (Wildman–Crippen MR) is 75.6 cm³/mol. The number of amidine groups is 1. The molecule has 0 saturated carbocycles. The standard InChI is InChI=1S/C12H16ClN3OS/c13-11-7-9(12(14)15)1-2-10(11)8-16-3-5-18(17)6-4-16/h1-2,7H,3-6,8H2,(H3,14,15). The first-order valence-electron chi connectivity index (χ1n) is 5.76. The molecule has 0 unspecified atom stereocenters. The number of halogens is 1. The zero-order valence-corrected chi connectivity index (χ0v) is 11.6. The number of benzene rings is 1. The zero-order valence-electron chi connectivity index (χ0n) is 9.99. The predicted octanol–water partition coefficient (Wildman–Crippen LogP) is 1.19. The molecule has 0 amide bonds. The van der Waals surface area contributed by atoms with Crippen LogP contribution in [0.25, 0.3) is 0 Å². The van der Waals surface area contributed by atoms with Gasteiger partial charge in [-0.2, -0.15) is 0 Å². The molecular formula is C12H16ClN3OS. The van der Waals surface area contributed by atoms with Gasteiger partial charge < -0.3 is 5.73 Å². The summed E-state index contributed by atoms with van der Waals surface area (Å²) in [6.07, 6.45) is 0. The van der Waals surface area contributed by atoms with Crippen LogP contribution in [0.15, 0.2) is 18.2 Å². The Morgan fingerprint density at radius 3 is 2.67 bits per heavy atom. The number of nitrogens with one attached hydrogen (secondary N) is 1. The molecule has 0 radical (unpaired) electrons. The van der Waals surface area contributed by atoms with Gasteiger partial charge in [0.15, 0.2) is 0 Å². The van der Waals surface area contributed by atoms with E-state index in [1.807, 2.05) is 12.1 Å². The summed E-state index contributed by atoms with van der Waals surface area (Å²) in [6.45, 7) is 2.45. The van der Waals surface area contributed by atoms with Crippen LogP contribution < -0.4 is 5.73 Å². The van der Waals surface area contributed by atoms with Crippen LogP contribution in [0.2, 0.25) is 5.02 Å². The number of rotatable bonds is 3. The minimum Gasteiger partial charge on any atom is -0.384 e. The van der Waals surface area contributed by atoms with Crippen LogP contribution in [0.5, 0.6) is 0 Å². The summed E-state index contributed by atoms with van der Waals surface area (Å²) in [7, 11) is -0.653. The third kappa shape index (κ3) is 3.31. The first-order chi connectivity index (χ1) is 8.56. The molecule has 3 N–H and O–H groups in total. The molecule has 0 spiro atoms. The lowest BCUT2D eigenvalue weighted by atomic mass is 10.1. The fourth-order valence-electron chi connectivity index (χ4n) is 1.92. The van der Waals surface area contributed by atoms with Gasteiger partial charge in [0.1, 0.15) is 5.84 Å². The number of nitrogen functional groups attached to an aromatic ring is 1. The Hall–Kier alpha value is -0.910. The van der Waals surface area contributed by atoms with E-state index in [-0.39, 0.29) is 5.84 Å². The second-order valence-electron chi connectivity index (χ2n) is 4.34. The van der Waals surface area contributed by atoms with Crippen molar-refractivity contribution in [2.24, 2.45) is 5.73 Å². The van der Waals surface area contributed by atoms with Crippen molar-refractivity contribution in [2.45, 2.75) is 6.54 Å². The number of nitrogens with two attached hydrogens (primary N) is 1. The highest BCUT2D eigenvalue weighted by atomic mass is 35.5. The Balaban J connectivity index is 2.05. The Bertz CT molecular complexity index is 482. The van der Waals surface area contributed by atoms with Crippen LogP contribution >= 0.6 is 11.6 Å². The first-order valence-corrected chi connectivity index (χ1v) is 7.63. The van der Waals surface area contributed by atoms with Gasteiger partial charge in [-0.1, -0.05) is 23.7 Å². The first kappa shape index (κ1) is 13.5. The molecule has 1 aliphatic rings. The highest BCUT2D eigenvalue weighted by molar-refractivity contribution is 7.85. The summed E-state index contributed by atoms with van der Waals surface area (Å²) < 4.78 is 11.3. The van der Waals surface area contributed by atoms with E-state index in [0.29, 0.717) is 10.6 Å². The second-order valence-corrected chi connectivity index (χ2v) is 6.45. The van der Waals surface area contributed by atoms with Crippen molar-refractivity contribution in [3.63, 3.8) is 0 Å².